The quantitative estimate of drug-likeness (QED) is 0.793. The molecule has 3 fully saturated rings. The summed E-state index contributed by atoms with van der Waals surface area (Å²) in [5, 5.41) is 3.47. The van der Waals surface area contributed by atoms with Gasteiger partial charge in [0.1, 0.15) is 0 Å². The molecule has 0 bridgehead atoms. The zero-order valence-corrected chi connectivity index (χ0v) is 11.8. The fourth-order valence-electron chi connectivity index (χ4n) is 2.83. The Morgan fingerprint density at radius 1 is 1.06 bits per heavy atom. The van der Waals surface area contributed by atoms with E-state index in [0.29, 0.717) is 30.3 Å². The highest BCUT2D eigenvalue weighted by Crippen LogP contribution is 2.35. The van der Waals surface area contributed by atoms with Crippen molar-refractivity contribution < 1.29 is 8.42 Å². The van der Waals surface area contributed by atoms with Gasteiger partial charge in [-0.05, 0) is 51.0 Å². The maximum Gasteiger partial charge on any atom is 0.214 e. The number of rotatable bonds is 6. The second-order valence-electron chi connectivity index (χ2n) is 6.17. The lowest BCUT2D eigenvalue weighted by atomic mass is 10.1. The zero-order valence-electron chi connectivity index (χ0n) is 11.0. The minimum atomic E-state index is -3.00. The Balaban J connectivity index is 1.63. The van der Waals surface area contributed by atoms with Gasteiger partial charge in [0.2, 0.25) is 10.0 Å². The number of nitrogens with one attached hydrogen (secondary N) is 1. The Morgan fingerprint density at radius 2 is 1.83 bits per heavy atom. The number of sulfonamides is 1. The van der Waals surface area contributed by atoms with Crippen LogP contribution in [0.3, 0.4) is 0 Å². The van der Waals surface area contributed by atoms with Crippen molar-refractivity contribution in [3.63, 3.8) is 0 Å². The molecule has 0 spiro atoms. The van der Waals surface area contributed by atoms with E-state index in [1.807, 2.05) is 4.31 Å². The van der Waals surface area contributed by atoms with Gasteiger partial charge < -0.3 is 5.32 Å². The largest absolute Gasteiger partial charge is 0.313 e. The molecule has 1 atom stereocenters. The summed E-state index contributed by atoms with van der Waals surface area (Å²) in [4.78, 5) is 0. The fourth-order valence-corrected chi connectivity index (χ4v) is 5.02. The molecule has 0 aromatic rings. The van der Waals surface area contributed by atoms with Gasteiger partial charge in [-0.1, -0.05) is 6.42 Å². The number of hydrogen-bond donors (Lipinski definition) is 1. The van der Waals surface area contributed by atoms with Crippen LogP contribution in [0.5, 0.6) is 0 Å². The van der Waals surface area contributed by atoms with Crippen LogP contribution < -0.4 is 5.32 Å². The molecule has 18 heavy (non-hydrogen) atoms. The van der Waals surface area contributed by atoms with Crippen molar-refractivity contribution in [1.29, 1.82) is 0 Å². The summed E-state index contributed by atoms with van der Waals surface area (Å²) in [5.74, 6) is 0.853. The molecular formula is C13H24N2O2S. The molecule has 0 amide bonds. The minimum absolute atomic E-state index is 0.317. The molecule has 5 heteroatoms. The average Bonchev–Trinajstić information content (AvgIpc) is 3.21. The van der Waals surface area contributed by atoms with Crippen LogP contribution >= 0.6 is 0 Å². The smallest absolute Gasteiger partial charge is 0.214 e. The van der Waals surface area contributed by atoms with Gasteiger partial charge in [-0.15, -0.1) is 0 Å². The Bertz CT molecular complexity index is 382. The normalized spacial score (nSPS) is 29.7. The average molecular weight is 272 g/mol. The highest BCUT2D eigenvalue weighted by atomic mass is 32.2. The summed E-state index contributed by atoms with van der Waals surface area (Å²) in [6, 6.07) is 0.700. The molecular weight excluding hydrogens is 248 g/mol. The van der Waals surface area contributed by atoms with Crippen LogP contribution in [-0.2, 0) is 10.0 Å². The zero-order chi connectivity index (χ0) is 12.6. The third-order valence-electron chi connectivity index (χ3n) is 4.27. The molecule has 1 saturated heterocycles. The number of nitrogens with zero attached hydrogens (tertiary/aromatic N) is 1. The Kier molecular flexibility index (Phi) is 3.65. The van der Waals surface area contributed by atoms with E-state index >= 15 is 0 Å². The molecule has 0 radical (unpaired) electrons. The second-order valence-corrected chi connectivity index (χ2v) is 8.14. The van der Waals surface area contributed by atoms with Crippen LogP contribution in [-0.4, -0.2) is 43.6 Å². The van der Waals surface area contributed by atoms with E-state index in [-0.39, 0.29) is 0 Å². The van der Waals surface area contributed by atoms with Crippen LogP contribution in [0.1, 0.15) is 44.9 Å². The summed E-state index contributed by atoms with van der Waals surface area (Å²) in [6.45, 7) is 1.76. The third kappa shape index (κ3) is 3.25. The maximum atomic E-state index is 12.4. The molecule has 2 aliphatic carbocycles. The van der Waals surface area contributed by atoms with Crippen molar-refractivity contribution >= 4 is 10.0 Å². The van der Waals surface area contributed by atoms with Gasteiger partial charge >= 0.3 is 0 Å². The van der Waals surface area contributed by atoms with E-state index in [2.05, 4.69) is 5.32 Å². The van der Waals surface area contributed by atoms with Crippen molar-refractivity contribution in [3.05, 3.63) is 0 Å². The van der Waals surface area contributed by atoms with Crippen molar-refractivity contribution in [3.8, 4) is 0 Å². The first-order valence-electron chi connectivity index (χ1n) is 7.38. The van der Waals surface area contributed by atoms with Gasteiger partial charge in [0, 0.05) is 18.6 Å². The van der Waals surface area contributed by atoms with Crippen LogP contribution in [0.25, 0.3) is 0 Å². The van der Waals surface area contributed by atoms with E-state index in [1.54, 1.807) is 0 Å². The molecule has 4 nitrogen and oxygen atoms in total. The molecule has 1 aliphatic heterocycles. The molecule has 2 saturated carbocycles. The first kappa shape index (κ1) is 12.9. The molecule has 3 rings (SSSR count). The standard InChI is InChI=1S/C13H24N2O2S/c16-18(17,10-11-4-5-11)15(13-6-7-13)9-12-3-1-2-8-14-12/h11-14H,1-10H2. The molecule has 1 heterocycles. The van der Waals surface area contributed by atoms with E-state index in [4.69, 9.17) is 0 Å². The minimum Gasteiger partial charge on any atom is -0.313 e. The highest BCUT2D eigenvalue weighted by Gasteiger charge is 2.40. The van der Waals surface area contributed by atoms with E-state index in [9.17, 15) is 8.42 Å². The summed E-state index contributed by atoms with van der Waals surface area (Å²) in [7, 11) is -3.00. The van der Waals surface area contributed by atoms with Gasteiger partial charge in [-0.2, -0.15) is 4.31 Å². The van der Waals surface area contributed by atoms with E-state index in [1.165, 1.54) is 12.8 Å². The molecule has 0 aromatic heterocycles. The SMILES string of the molecule is O=S(=O)(CC1CC1)N(CC1CCCCN1)C1CC1. The molecule has 0 aromatic carbocycles. The lowest BCUT2D eigenvalue weighted by Gasteiger charge is -2.30. The fraction of sp³-hybridized carbons (Fsp3) is 1.00. The maximum absolute atomic E-state index is 12.4. The summed E-state index contributed by atoms with van der Waals surface area (Å²) in [5.41, 5.74) is 0. The van der Waals surface area contributed by atoms with Crippen LogP contribution in [0, 0.1) is 5.92 Å². The van der Waals surface area contributed by atoms with Crippen molar-refractivity contribution in [2.45, 2.75) is 57.0 Å². The predicted octanol–water partition coefficient (Wildman–Crippen LogP) is 1.33. The summed E-state index contributed by atoms with van der Waals surface area (Å²) >= 11 is 0. The molecule has 1 N–H and O–H groups in total. The third-order valence-corrected chi connectivity index (χ3v) is 6.32. The topological polar surface area (TPSA) is 49.4 Å². The monoisotopic (exact) mass is 272 g/mol. The van der Waals surface area contributed by atoms with Gasteiger partial charge in [-0.3, -0.25) is 0 Å². The van der Waals surface area contributed by atoms with E-state index < -0.39 is 10.0 Å². The van der Waals surface area contributed by atoms with Crippen LogP contribution in [0.2, 0.25) is 0 Å². The van der Waals surface area contributed by atoms with Crippen molar-refractivity contribution in [1.82, 2.24) is 9.62 Å². The molecule has 1 unspecified atom stereocenters. The molecule has 104 valence electrons. The first-order chi connectivity index (χ1) is 8.65. The highest BCUT2D eigenvalue weighted by molar-refractivity contribution is 7.89. The lowest BCUT2D eigenvalue weighted by molar-refractivity contribution is 0.307. The van der Waals surface area contributed by atoms with E-state index in [0.717, 1.165) is 38.6 Å². The predicted molar refractivity (Wildman–Crippen MR) is 71.9 cm³/mol. The Labute approximate surface area is 110 Å². The van der Waals surface area contributed by atoms with Crippen LogP contribution in [0.4, 0.5) is 0 Å². The molecule has 3 aliphatic rings. The Morgan fingerprint density at radius 3 is 2.39 bits per heavy atom. The Hall–Kier alpha value is -0.130. The van der Waals surface area contributed by atoms with Crippen molar-refractivity contribution in [2.75, 3.05) is 18.8 Å². The van der Waals surface area contributed by atoms with Crippen LogP contribution in [0.15, 0.2) is 0 Å². The number of piperidine rings is 1. The van der Waals surface area contributed by atoms with Gasteiger partial charge in [0.25, 0.3) is 0 Å². The first-order valence-corrected chi connectivity index (χ1v) is 8.99. The summed E-state index contributed by atoms with van der Waals surface area (Å²) < 4.78 is 26.7. The summed E-state index contributed by atoms with van der Waals surface area (Å²) in [6.07, 6.45) is 7.95. The second kappa shape index (κ2) is 5.10. The van der Waals surface area contributed by atoms with Gasteiger partial charge in [-0.25, -0.2) is 8.42 Å². The van der Waals surface area contributed by atoms with Gasteiger partial charge in [0.15, 0.2) is 0 Å². The lowest BCUT2D eigenvalue weighted by Crippen LogP contribution is -2.47. The van der Waals surface area contributed by atoms with Gasteiger partial charge in [0.05, 0.1) is 5.75 Å². The van der Waals surface area contributed by atoms with Crippen molar-refractivity contribution in [2.24, 2.45) is 5.92 Å². The number of hydrogen-bond acceptors (Lipinski definition) is 3.